The van der Waals surface area contributed by atoms with E-state index in [0.29, 0.717) is 24.5 Å². The van der Waals surface area contributed by atoms with E-state index in [9.17, 15) is 4.79 Å². The highest BCUT2D eigenvalue weighted by Gasteiger charge is 2.32. The predicted molar refractivity (Wildman–Crippen MR) is 165 cm³/mol. The van der Waals surface area contributed by atoms with Gasteiger partial charge in [-0.2, -0.15) is 0 Å². The van der Waals surface area contributed by atoms with Crippen LogP contribution in [0.3, 0.4) is 0 Å². The standard InChI is InChI=1S/C32H35IN2O5/c1-20-14-25(17-31(37-4)22(20)3)40-29-10-9-24(16-27(29)33)38-12-5-6-13-39-30-18-28-26(15-21(30)2)32(36)35-11-7-8-23(35)19-34-28/h9-10,14-19,23H,5-8,11-13H2,1-4H3/t23-/m0/s1. The third kappa shape index (κ3) is 6.22. The molecule has 0 unspecified atom stereocenters. The Labute approximate surface area is 249 Å². The Balaban J connectivity index is 1.10. The van der Waals surface area contributed by atoms with E-state index in [1.165, 1.54) is 0 Å². The Hall–Kier alpha value is -3.27. The number of carbonyl (C=O) groups excluding carboxylic acids is 1. The molecule has 0 aliphatic carbocycles. The maximum atomic E-state index is 13.0. The van der Waals surface area contributed by atoms with Gasteiger partial charge in [0.1, 0.15) is 28.7 Å². The molecule has 5 rings (SSSR count). The highest BCUT2D eigenvalue weighted by atomic mass is 127. The van der Waals surface area contributed by atoms with E-state index >= 15 is 0 Å². The molecule has 1 amide bonds. The summed E-state index contributed by atoms with van der Waals surface area (Å²) in [6.45, 7) is 8.02. The zero-order chi connectivity index (χ0) is 28.2. The Morgan fingerprint density at radius 1 is 0.925 bits per heavy atom. The average molecular weight is 655 g/mol. The summed E-state index contributed by atoms with van der Waals surface area (Å²) in [6.07, 6.45) is 5.63. The molecule has 0 spiro atoms. The van der Waals surface area contributed by atoms with Crippen LogP contribution in [0.4, 0.5) is 5.69 Å². The van der Waals surface area contributed by atoms with Crippen LogP contribution >= 0.6 is 22.6 Å². The maximum absolute atomic E-state index is 13.0. The second kappa shape index (κ2) is 12.5. The minimum Gasteiger partial charge on any atom is -0.496 e. The highest BCUT2D eigenvalue weighted by molar-refractivity contribution is 14.1. The van der Waals surface area contributed by atoms with Gasteiger partial charge in [-0.15, -0.1) is 0 Å². The molecule has 0 radical (unpaired) electrons. The van der Waals surface area contributed by atoms with Crippen LogP contribution in [0, 0.1) is 24.3 Å². The maximum Gasteiger partial charge on any atom is 0.256 e. The summed E-state index contributed by atoms with van der Waals surface area (Å²) in [5.41, 5.74) is 4.54. The van der Waals surface area contributed by atoms with Crippen LogP contribution in [0.15, 0.2) is 47.5 Å². The number of halogens is 1. The van der Waals surface area contributed by atoms with Crippen molar-refractivity contribution in [3.05, 3.63) is 68.3 Å². The number of hydrogen-bond donors (Lipinski definition) is 0. The monoisotopic (exact) mass is 654 g/mol. The van der Waals surface area contributed by atoms with Crippen molar-refractivity contribution >= 4 is 40.4 Å². The largest absolute Gasteiger partial charge is 0.496 e. The first kappa shape index (κ1) is 28.3. The molecule has 40 heavy (non-hydrogen) atoms. The number of aryl methyl sites for hydroxylation is 2. The summed E-state index contributed by atoms with van der Waals surface area (Å²) in [4.78, 5) is 19.5. The van der Waals surface area contributed by atoms with E-state index < -0.39 is 0 Å². The fourth-order valence-electron chi connectivity index (χ4n) is 5.05. The first-order chi connectivity index (χ1) is 19.3. The SMILES string of the molecule is COc1cc(Oc2ccc(OCCCCOc3cc4c(cc3C)C(=O)N3CCC[C@H]3C=N4)cc2I)cc(C)c1C. The number of unbranched alkanes of at least 4 members (excludes halogenated alkanes) is 1. The fraction of sp³-hybridized carbons (Fsp3) is 0.375. The zero-order valence-electron chi connectivity index (χ0n) is 23.5. The molecule has 0 saturated carbocycles. The first-order valence-corrected chi connectivity index (χ1v) is 14.8. The predicted octanol–water partition coefficient (Wildman–Crippen LogP) is 7.58. The van der Waals surface area contributed by atoms with E-state index in [1.807, 2.05) is 74.4 Å². The van der Waals surface area contributed by atoms with Crippen molar-refractivity contribution in [3.63, 3.8) is 0 Å². The van der Waals surface area contributed by atoms with Crippen LogP contribution in [0.5, 0.6) is 28.7 Å². The molecule has 2 heterocycles. The number of rotatable bonds is 10. The molecule has 7 nitrogen and oxygen atoms in total. The fourth-order valence-corrected chi connectivity index (χ4v) is 5.65. The van der Waals surface area contributed by atoms with Gasteiger partial charge in [0.05, 0.1) is 41.2 Å². The van der Waals surface area contributed by atoms with Gasteiger partial charge in [0.15, 0.2) is 0 Å². The Morgan fingerprint density at radius 3 is 2.50 bits per heavy atom. The van der Waals surface area contributed by atoms with Crippen LogP contribution in [0.25, 0.3) is 0 Å². The normalized spacial score (nSPS) is 15.9. The summed E-state index contributed by atoms with van der Waals surface area (Å²) >= 11 is 2.27. The van der Waals surface area contributed by atoms with Crippen molar-refractivity contribution in [1.82, 2.24) is 4.90 Å². The summed E-state index contributed by atoms with van der Waals surface area (Å²) in [5.74, 6) is 3.99. The first-order valence-electron chi connectivity index (χ1n) is 13.7. The number of amides is 1. The molecule has 3 aromatic carbocycles. The molecule has 1 fully saturated rings. The molecule has 0 aromatic heterocycles. The summed E-state index contributed by atoms with van der Waals surface area (Å²) in [7, 11) is 1.67. The van der Waals surface area contributed by atoms with Gasteiger partial charge in [0, 0.05) is 24.9 Å². The van der Waals surface area contributed by atoms with Crippen molar-refractivity contribution in [3.8, 4) is 28.7 Å². The van der Waals surface area contributed by atoms with Crippen molar-refractivity contribution in [2.24, 2.45) is 4.99 Å². The third-order valence-electron chi connectivity index (χ3n) is 7.48. The van der Waals surface area contributed by atoms with Crippen LogP contribution in [0.2, 0.25) is 0 Å². The smallest absolute Gasteiger partial charge is 0.256 e. The Kier molecular flexibility index (Phi) is 8.83. The van der Waals surface area contributed by atoms with Gasteiger partial charge >= 0.3 is 0 Å². The van der Waals surface area contributed by atoms with E-state index in [1.54, 1.807) is 7.11 Å². The molecule has 210 valence electrons. The molecule has 1 saturated heterocycles. The molecular weight excluding hydrogens is 619 g/mol. The average Bonchev–Trinajstić information content (AvgIpc) is 3.37. The van der Waals surface area contributed by atoms with Gasteiger partial charge in [-0.25, -0.2) is 0 Å². The molecule has 2 aliphatic heterocycles. The number of benzene rings is 3. The van der Waals surface area contributed by atoms with Crippen LogP contribution in [-0.2, 0) is 0 Å². The molecular formula is C32H35IN2O5. The van der Waals surface area contributed by atoms with Gasteiger partial charge in [-0.1, -0.05) is 0 Å². The lowest BCUT2D eigenvalue weighted by atomic mass is 10.1. The van der Waals surface area contributed by atoms with Crippen molar-refractivity contribution in [2.75, 3.05) is 26.9 Å². The summed E-state index contributed by atoms with van der Waals surface area (Å²) < 4.78 is 24.6. The molecule has 2 aliphatic rings. The topological polar surface area (TPSA) is 69.6 Å². The van der Waals surface area contributed by atoms with Crippen molar-refractivity contribution in [1.29, 1.82) is 0 Å². The molecule has 0 N–H and O–H groups in total. The van der Waals surface area contributed by atoms with Crippen LogP contribution in [0.1, 0.15) is 52.7 Å². The number of fused-ring (bicyclic) bond motifs is 2. The second-order valence-corrected chi connectivity index (χ2v) is 11.4. The quantitative estimate of drug-likeness (QED) is 0.167. The molecule has 1 atom stereocenters. The number of carbonyl (C=O) groups is 1. The second-order valence-electron chi connectivity index (χ2n) is 10.3. The lowest BCUT2D eigenvalue weighted by molar-refractivity contribution is 0.0774. The van der Waals surface area contributed by atoms with Gasteiger partial charge < -0.3 is 23.8 Å². The van der Waals surface area contributed by atoms with Gasteiger partial charge in [-0.3, -0.25) is 9.79 Å². The minimum absolute atomic E-state index is 0.0709. The van der Waals surface area contributed by atoms with Crippen molar-refractivity contribution < 1.29 is 23.7 Å². The number of aliphatic imine (C=N–C) groups is 1. The van der Waals surface area contributed by atoms with Crippen LogP contribution < -0.4 is 18.9 Å². The van der Waals surface area contributed by atoms with E-state index in [2.05, 4.69) is 27.6 Å². The van der Waals surface area contributed by atoms with E-state index in [4.69, 9.17) is 18.9 Å². The lowest BCUT2D eigenvalue weighted by Gasteiger charge is -2.20. The third-order valence-corrected chi connectivity index (χ3v) is 8.32. The van der Waals surface area contributed by atoms with Crippen molar-refractivity contribution in [2.45, 2.75) is 52.5 Å². The number of ether oxygens (including phenoxy) is 4. The summed E-state index contributed by atoms with van der Waals surface area (Å²) in [5, 5.41) is 0. The minimum atomic E-state index is 0.0709. The van der Waals surface area contributed by atoms with E-state index in [0.717, 1.165) is 81.2 Å². The molecule has 3 aromatic rings. The van der Waals surface area contributed by atoms with E-state index in [-0.39, 0.29) is 11.9 Å². The number of hydrogen-bond acceptors (Lipinski definition) is 6. The van der Waals surface area contributed by atoms with Gasteiger partial charge in [0.2, 0.25) is 0 Å². The van der Waals surface area contributed by atoms with Gasteiger partial charge in [-0.05, 0) is 116 Å². The number of methoxy groups -OCH3 is 1. The summed E-state index contributed by atoms with van der Waals surface area (Å²) in [6, 6.07) is 13.7. The van der Waals surface area contributed by atoms with Gasteiger partial charge in [0.25, 0.3) is 5.91 Å². The zero-order valence-corrected chi connectivity index (χ0v) is 25.6. The number of nitrogens with zero attached hydrogens (tertiary/aromatic N) is 2. The Bertz CT molecular complexity index is 1440. The molecule has 8 heteroatoms. The Morgan fingerprint density at radius 2 is 1.73 bits per heavy atom. The van der Waals surface area contributed by atoms with Crippen LogP contribution in [-0.4, -0.2) is 49.9 Å². The lowest BCUT2D eigenvalue weighted by Crippen LogP contribution is -2.35. The highest BCUT2D eigenvalue weighted by Crippen LogP contribution is 2.35. The molecule has 0 bridgehead atoms.